The second kappa shape index (κ2) is 2.35. The zero-order chi connectivity index (χ0) is 7.78. The number of hydrogen-bond donors (Lipinski definition) is 1. The van der Waals surface area contributed by atoms with E-state index in [1.807, 2.05) is 0 Å². The van der Waals surface area contributed by atoms with Crippen molar-refractivity contribution < 1.29 is 9.90 Å². The average Bonchev–Trinajstić information content (AvgIpc) is 1.57. The molecule has 1 rings (SSSR count). The molecule has 1 aliphatic carbocycles. The predicted octanol–water partition coefficient (Wildman–Crippen LogP) is 0.982. The van der Waals surface area contributed by atoms with E-state index in [1.165, 1.54) is 0 Å². The number of rotatable bonds is 2. The summed E-state index contributed by atoms with van der Waals surface area (Å²) in [6.45, 7) is 3.54. The molecule has 58 valence electrons. The van der Waals surface area contributed by atoms with Crippen LogP contribution in [0.3, 0.4) is 0 Å². The Morgan fingerprint density at radius 2 is 2.10 bits per heavy atom. The molecule has 0 amide bonds. The summed E-state index contributed by atoms with van der Waals surface area (Å²) in [5, 5.41) is 9.48. The van der Waals surface area contributed by atoms with Crippen molar-refractivity contribution in [2.24, 2.45) is 11.8 Å². The number of hydrogen-bond acceptors (Lipinski definition) is 2. The highest BCUT2D eigenvalue weighted by Crippen LogP contribution is 2.40. The highest BCUT2D eigenvalue weighted by molar-refractivity contribution is 5.55. The van der Waals surface area contributed by atoms with Crippen molar-refractivity contribution in [3.05, 3.63) is 0 Å². The fourth-order valence-electron chi connectivity index (χ4n) is 1.57. The van der Waals surface area contributed by atoms with Crippen LogP contribution in [0.4, 0.5) is 0 Å². The van der Waals surface area contributed by atoms with E-state index in [1.54, 1.807) is 13.8 Å². The molecular weight excluding hydrogens is 128 g/mol. The summed E-state index contributed by atoms with van der Waals surface area (Å²) in [6.07, 6.45) is 2.91. The van der Waals surface area contributed by atoms with Gasteiger partial charge < -0.3 is 9.90 Å². The van der Waals surface area contributed by atoms with Crippen LogP contribution >= 0.6 is 0 Å². The van der Waals surface area contributed by atoms with E-state index in [-0.39, 0.29) is 11.8 Å². The van der Waals surface area contributed by atoms with Gasteiger partial charge in [-0.2, -0.15) is 0 Å². The summed E-state index contributed by atoms with van der Waals surface area (Å²) >= 11 is 0. The topological polar surface area (TPSA) is 37.3 Å². The van der Waals surface area contributed by atoms with Crippen LogP contribution in [0.5, 0.6) is 0 Å². The van der Waals surface area contributed by atoms with Gasteiger partial charge in [-0.05, 0) is 32.6 Å². The summed E-state index contributed by atoms with van der Waals surface area (Å²) in [7, 11) is 0. The van der Waals surface area contributed by atoms with Gasteiger partial charge in [-0.15, -0.1) is 0 Å². The Hall–Kier alpha value is -0.370. The van der Waals surface area contributed by atoms with Crippen LogP contribution < -0.4 is 0 Å². The molecule has 1 aliphatic rings. The lowest BCUT2D eigenvalue weighted by Gasteiger charge is -2.41. The van der Waals surface area contributed by atoms with Crippen molar-refractivity contribution in [2.45, 2.75) is 32.3 Å². The number of aldehydes is 1. The fourth-order valence-corrected chi connectivity index (χ4v) is 1.57. The minimum atomic E-state index is -0.663. The summed E-state index contributed by atoms with van der Waals surface area (Å²) in [5.74, 6) is 0.310. The van der Waals surface area contributed by atoms with Crippen molar-refractivity contribution >= 4 is 6.29 Å². The van der Waals surface area contributed by atoms with E-state index in [0.717, 1.165) is 19.1 Å². The summed E-state index contributed by atoms with van der Waals surface area (Å²) < 4.78 is 0. The van der Waals surface area contributed by atoms with E-state index in [9.17, 15) is 9.90 Å². The van der Waals surface area contributed by atoms with E-state index >= 15 is 0 Å². The third-order valence-electron chi connectivity index (χ3n) is 2.41. The SMILES string of the molecule is CC(C)(O)C1CCC1C=O. The molecule has 0 heterocycles. The van der Waals surface area contributed by atoms with Crippen LogP contribution in [-0.2, 0) is 4.79 Å². The lowest BCUT2D eigenvalue weighted by Crippen LogP contribution is -2.43. The zero-order valence-corrected chi connectivity index (χ0v) is 6.50. The Labute approximate surface area is 61.2 Å². The maximum absolute atomic E-state index is 10.3. The molecule has 0 aromatic carbocycles. The Bertz CT molecular complexity index is 135. The van der Waals surface area contributed by atoms with E-state index in [2.05, 4.69) is 0 Å². The van der Waals surface area contributed by atoms with Crippen LogP contribution in [0.2, 0.25) is 0 Å². The van der Waals surface area contributed by atoms with Crippen LogP contribution in [0.15, 0.2) is 0 Å². The predicted molar refractivity (Wildman–Crippen MR) is 38.6 cm³/mol. The molecule has 2 heteroatoms. The molecule has 0 radical (unpaired) electrons. The van der Waals surface area contributed by atoms with Crippen molar-refractivity contribution in [3.8, 4) is 0 Å². The van der Waals surface area contributed by atoms with Gasteiger partial charge in [0.25, 0.3) is 0 Å². The van der Waals surface area contributed by atoms with Crippen molar-refractivity contribution in [1.82, 2.24) is 0 Å². The van der Waals surface area contributed by atoms with Gasteiger partial charge in [0, 0.05) is 5.92 Å². The van der Waals surface area contributed by atoms with E-state index < -0.39 is 5.60 Å². The lowest BCUT2D eigenvalue weighted by atomic mass is 9.67. The molecule has 2 atom stereocenters. The molecule has 1 fully saturated rings. The molecule has 10 heavy (non-hydrogen) atoms. The van der Waals surface area contributed by atoms with Crippen LogP contribution in [0.1, 0.15) is 26.7 Å². The van der Waals surface area contributed by atoms with Crippen molar-refractivity contribution in [1.29, 1.82) is 0 Å². The lowest BCUT2D eigenvalue weighted by molar-refractivity contribution is -0.124. The highest BCUT2D eigenvalue weighted by atomic mass is 16.3. The number of carbonyl (C=O) groups excluding carboxylic acids is 1. The standard InChI is InChI=1S/C8H14O2/c1-8(2,10)7-4-3-6(7)5-9/h5-7,10H,3-4H2,1-2H3. The third kappa shape index (κ3) is 1.21. The minimum Gasteiger partial charge on any atom is -0.390 e. The maximum Gasteiger partial charge on any atom is 0.123 e. The normalized spacial score (nSPS) is 33.1. The first-order valence-electron chi connectivity index (χ1n) is 3.73. The first kappa shape index (κ1) is 7.73. The van der Waals surface area contributed by atoms with Gasteiger partial charge in [0.2, 0.25) is 0 Å². The zero-order valence-electron chi connectivity index (χ0n) is 6.50. The summed E-state index contributed by atoms with van der Waals surface area (Å²) in [4.78, 5) is 10.3. The van der Waals surface area contributed by atoms with Crippen LogP contribution in [-0.4, -0.2) is 17.0 Å². The van der Waals surface area contributed by atoms with Crippen LogP contribution in [0.25, 0.3) is 0 Å². The molecule has 0 bridgehead atoms. The van der Waals surface area contributed by atoms with Crippen molar-refractivity contribution in [2.75, 3.05) is 0 Å². The first-order valence-corrected chi connectivity index (χ1v) is 3.73. The molecular formula is C8H14O2. The highest BCUT2D eigenvalue weighted by Gasteiger charge is 2.40. The van der Waals surface area contributed by atoms with Gasteiger partial charge in [0.05, 0.1) is 5.60 Å². The molecule has 0 spiro atoms. The Morgan fingerprint density at radius 1 is 1.50 bits per heavy atom. The van der Waals surface area contributed by atoms with E-state index in [4.69, 9.17) is 0 Å². The van der Waals surface area contributed by atoms with Gasteiger partial charge >= 0.3 is 0 Å². The average molecular weight is 142 g/mol. The van der Waals surface area contributed by atoms with Gasteiger partial charge in [-0.25, -0.2) is 0 Å². The Balaban J connectivity index is 2.50. The number of aliphatic hydroxyl groups is 1. The van der Waals surface area contributed by atoms with Gasteiger partial charge in [0.1, 0.15) is 6.29 Å². The fraction of sp³-hybridized carbons (Fsp3) is 0.875. The van der Waals surface area contributed by atoms with Gasteiger partial charge in [-0.1, -0.05) is 0 Å². The monoisotopic (exact) mass is 142 g/mol. The summed E-state index contributed by atoms with van der Waals surface area (Å²) in [5.41, 5.74) is -0.663. The minimum absolute atomic E-state index is 0.111. The number of carbonyl (C=O) groups is 1. The van der Waals surface area contributed by atoms with E-state index in [0.29, 0.717) is 0 Å². The molecule has 0 aromatic heterocycles. The van der Waals surface area contributed by atoms with Gasteiger partial charge in [-0.3, -0.25) is 0 Å². The largest absolute Gasteiger partial charge is 0.390 e. The first-order chi connectivity index (χ1) is 4.55. The smallest absolute Gasteiger partial charge is 0.123 e. The van der Waals surface area contributed by atoms with Crippen LogP contribution in [0, 0.1) is 11.8 Å². The quantitative estimate of drug-likeness (QED) is 0.583. The Morgan fingerprint density at radius 3 is 2.20 bits per heavy atom. The summed E-state index contributed by atoms with van der Waals surface area (Å²) in [6, 6.07) is 0. The third-order valence-corrected chi connectivity index (χ3v) is 2.41. The molecule has 0 aliphatic heterocycles. The molecule has 0 saturated heterocycles. The molecule has 0 aromatic rings. The van der Waals surface area contributed by atoms with Gasteiger partial charge in [0.15, 0.2) is 0 Å². The Kier molecular flexibility index (Phi) is 1.82. The molecule has 2 unspecified atom stereocenters. The maximum atomic E-state index is 10.3. The second-order valence-electron chi connectivity index (χ2n) is 3.64. The molecule has 1 saturated carbocycles. The molecule has 1 N–H and O–H groups in total. The molecule has 2 nitrogen and oxygen atoms in total. The second-order valence-corrected chi connectivity index (χ2v) is 3.64. The van der Waals surface area contributed by atoms with Crippen molar-refractivity contribution in [3.63, 3.8) is 0 Å².